The Morgan fingerprint density at radius 1 is 0.256 bits per heavy atom. The van der Waals surface area contributed by atoms with Gasteiger partial charge in [-0.1, -0.05) is 302 Å². The van der Waals surface area contributed by atoms with Gasteiger partial charge in [0, 0.05) is 19.3 Å². The third kappa shape index (κ3) is 66.4. The van der Waals surface area contributed by atoms with E-state index in [2.05, 4.69) is 154 Å². The molecule has 0 aromatic rings. The predicted molar refractivity (Wildman–Crippen MR) is 357 cm³/mol. The average Bonchev–Trinajstić information content (AvgIpc) is 3.48. The first-order valence-electron chi connectivity index (χ1n) is 34.2. The average molecular weight is 1140 g/mol. The van der Waals surface area contributed by atoms with Crippen molar-refractivity contribution in [1.29, 1.82) is 0 Å². The van der Waals surface area contributed by atoms with Crippen molar-refractivity contribution in [2.24, 2.45) is 0 Å². The second kappa shape index (κ2) is 69.0. The van der Waals surface area contributed by atoms with Crippen molar-refractivity contribution in [2.75, 3.05) is 13.2 Å². The Morgan fingerprint density at radius 2 is 0.476 bits per heavy atom. The molecule has 1 atom stereocenters. The van der Waals surface area contributed by atoms with Crippen molar-refractivity contribution in [3.8, 4) is 0 Å². The lowest BCUT2D eigenvalue weighted by atomic mass is 10.1. The van der Waals surface area contributed by atoms with Gasteiger partial charge in [0.25, 0.3) is 0 Å². The van der Waals surface area contributed by atoms with E-state index >= 15 is 0 Å². The predicted octanol–water partition coefficient (Wildman–Crippen LogP) is 23.7. The molecule has 0 amide bonds. The van der Waals surface area contributed by atoms with Gasteiger partial charge in [0.1, 0.15) is 13.2 Å². The van der Waals surface area contributed by atoms with E-state index in [9.17, 15) is 14.4 Å². The van der Waals surface area contributed by atoms with Crippen molar-refractivity contribution < 1.29 is 28.6 Å². The van der Waals surface area contributed by atoms with Crippen molar-refractivity contribution >= 4 is 17.9 Å². The van der Waals surface area contributed by atoms with Crippen LogP contribution >= 0.6 is 0 Å². The maximum Gasteiger partial charge on any atom is 0.306 e. The fourth-order valence-corrected chi connectivity index (χ4v) is 9.29. The number of rotatable bonds is 61. The molecule has 0 aliphatic rings. The van der Waals surface area contributed by atoms with Gasteiger partial charge in [-0.05, 0) is 122 Å². The smallest absolute Gasteiger partial charge is 0.306 e. The summed E-state index contributed by atoms with van der Waals surface area (Å²) in [6.07, 6.45) is 97.6. The lowest BCUT2D eigenvalue weighted by Gasteiger charge is -2.18. The minimum Gasteiger partial charge on any atom is -0.462 e. The van der Waals surface area contributed by atoms with Gasteiger partial charge in [-0.15, -0.1) is 0 Å². The van der Waals surface area contributed by atoms with Crippen LogP contribution in [0.1, 0.15) is 310 Å². The molecule has 0 saturated carbocycles. The van der Waals surface area contributed by atoms with Crippen LogP contribution in [0.25, 0.3) is 0 Å². The quantitative estimate of drug-likeness (QED) is 0.0261. The van der Waals surface area contributed by atoms with Crippen LogP contribution in [0.5, 0.6) is 0 Å². The summed E-state index contributed by atoms with van der Waals surface area (Å²) in [6.45, 7) is 6.49. The van der Waals surface area contributed by atoms with Gasteiger partial charge in [0.05, 0.1) is 0 Å². The van der Waals surface area contributed by atoms with E-state index in [0.717, 1.165) is 122 Å². The summed E-state index contributed by atoms with van der Waals surface area (Å²) in [5.74, 6) is -0.937. The largest absolute Gasteiger partial charge is 0.462 e. The van der Waals surface area contributed by atoms with Crippen LogP contribution in [0.15, 0.2) is 134 Å². The number of allylic oxidation sites excluding steroid dienone is 22. The topological polar surface area (TPSA) is 78.9 Å². The zero-order valence-electron chi connectivity index (χ0n) is 53.5. The Hall–Kier alpha value is -4.45. The van der Waals surface area contributed by atoms with Crippen LogP contribution in [0, 0.1) is 0 Å². The third-order valence-corrected chi connectivity index (χ3v) is 14.4. The summed E-state index contributed by atoms with van der Waals surface area (Å²) < 4.78 is 16.9. The van der Waals surface area contributed by atoms with E-state index in [0.29, 0.717) is 19.3 Å². The lowest BCUT2D eigenvalue weighted by Crippen LogP contribution is -2.30. The number of ether oxygens (including phenoxy) is 3. The van der Waals surface area contributed by atoms with E-state index in [1.807, 2.05) is 0 Å². The van der Waals surface area contributed by atoms with Crippen molar-refractivity contribution in [3.63, 3.8) is 0 Å². The summed E-state index contributed by atoms with van der Waals surface area (Å²) in [5, 5.41) is 0. The standard InChI is InChI=1S/C76H126O6/c1-4-7-10-13-16-19-22-24-26-28-30-32-33-34-35-36-37-38-39-40-41-42-43-45-46-48-50-52-54-57-60-63-66-69-75(78)81-72-73(71-80-74(77)68-65-62-59-56-21-18-15-12-9-6-3)82-76(79)70-67-64-61-58-55-53-51-49-47-44-31-29-27-25-23-20-17-14-11-8-5-2/h7,10,16,19,24,26,29-32,34-35,37-38,40-41,43,45,48,50,54,57,73H,4-6,8-9,11-15,17-18,20-23,25,27-28,33,36,39,42,44,46-47,49,51-53,55-56,58-72H2,1-3H3/b10-7-,19-16-,26-24-,31-29-,32-30-,35-34-,38-37-,41-40-,45-43-,50-48-,57-54-. The normalized spacial score (nSPS) is 13.0. The third-order valence-electron chi connectivity index (χ3n) is 14.4. The molecule has 6 nitrogen and oxygen atoms in total. The van der Waals surface area contributed by atoms with Crippen LogP contribution in [-0.2, 0) is 28.6 Å². The van der Waals surface area contributed by atoms with Crippen molar-refractivity contribution in [3.05, 3.63) is 134 Å². The summed E-state index contributed by atoms with van der Waals surface area (Å²) in [5.41, 5.74) is 0. The monoisotopic (exact) mass is 1130 g/mol. The second-order valence-electron chi connectivity index (χ2n) is 22.4. The van der Waals surface area contributed by atoms with Gasteiger partial charge in [-0.2, -0.15) is 0 Å². The maximum absolute atomic E-state index is 12.9. The van der Waals surface area contributed by atoms with Gasteiger partial charge in [-0.25, -0.2) is 0 Å². The Kier molecular flexibility index (Phi) is 65.3. The first-order chi connectivity index (χ1) is 40.5. The Morgan fingerprint density at radius 3 is 0.780 bits per heavy atom. The summed E-state index contributed by atoms with van der Waals surface area (Å²) in [4.78, 5) is 38.3. The molecule has 0 saturated heterocycles. The Bertz CT molecular complexity index is 1730. The lowest BCUT2D eigenvalue weighted by molar-refractivity contribution is -0.167. The first-order valence-corrected chi connectivity index (χ1v) is 34.2. The Balaban J connectivity index is 4.33. The second-order valence-corrected chi connectivity index (χ2v) is 22.4. The molecular weight excluding hydrogens is 1010 g/mol. The van der Waals surface area contributed by atoms with Crippen LogP contribution in [0.4, 0.5) is 0 Å². The van der Waals surface area contributed by atoms with E-state index in [1.165, 1.54) is 148 Å². The highest BCUT2D eigenvalue weighted by Crippen LogP contribution is 2.16. The summed E-state index contributed by atoms with van der Waals surface area (Å²) >= 11 is 0. The SMILES string of the molecule is CC/C=C\C/C=C\C/C=C\C/C=C\C/C=C\C/C=C\C/C=C\C/C=C\C/C=C\C/C=C\CCCCC(=O)OCC(COC(=O)CCCCCCCCCCCC)OC(=O)CCCCCCCCCCC/C=C\CCCCCCCCCC. The van der Waals surface area contributed by atoms with Gasteiger partial charge >= 0.3 is 17.9 Å². The highest BCUT2D eigenvalue weighted by molar-refractivity contribution is 5.71. The molecule has 0 aromatic heterocycles. The summed E-state index contributed by atoms with van der Waals surface area (Å²) in [6, 6.07) is 0. The van der Waals surface area contributed by atoms with Crippen LogP contribution < -0.4 is 0 Å². The van der Waals surface area contributed by atoms with Crippen LogP contribution in [0.2, 0.25) is 0 Å². The number of carbonyl (C=O) groups is 3. The zero-order valence-corrected chi connectivity index (χ0v) is 53.5. The van der Waals surface area contributed by atoms with E-state index < -0.39 is 6.10 Å². The molecule has 466 valence electrons. The molecule has 82 heavy (non-hydrogen) atoms. The molecule has 0 radical (unpaired) electrons. The molecule has 0 aromatic carbocycles. The molecule has 1 unspecified atom stereocenters. The first kappa shape index (κ1) is 77.5. The fourth-order valence-electron chi connectivity index (χ4n) is 9.29. The van der Waals surface area contributed by atoms with Crippen LogP contribution in [-0.4, -0.2) is 37.2 Å². The minimum atomic E-state index is -0.800. The number of esters is 3. The maximum atomic E-state index is 12.9. The molecular formula is C76H126O6. The van der Waals surface area contributed by atoms with Gasteiger partial charge in [-0.3, -0.25) is 14.4 Å². The molecule has 0 rings (SSSR count). The summed E-state index contributed by atoms with van der Waals surface area (Å²) in [7, 11) is 0. The highest BCUT2D eigenvalue weighted by Gasteiger charge is 2.19. The molecule has 0 bridgehead atoms. The number of carbonyl (C=O) groups excluding carboxylic acids is 3. The van der Waals surface area contributed by atoms with E-state index in [4.69, 9.17) is 14.2 Å². The fraction of sp³-hybridized carbons (Fsp3) is 0.671. The van der Waals surface area contributed by atoms with Crippen molar-refractivity contribution in [1.82, 2.24) is 0 Å². The molecule has 0 aliphatic heterocycles. The molecule has 0 fully saturated rings. The Labute approximate surface area is 506 Å². The van der Waals surface area contributed by atoms with Gasteiger partial charge in [0.2, 0.25) is 0 Å². The number of hydrogen-bond donors (Lipinski definition) is 0. The van der Waals surface area contributed by atoms with Crippen LogP contribution in [0.3, 0.4) is 0 Å². The highest BCUT2D eigenvalue weighted by atomic mass is 16.6. The molecule has 0 N–H and O–H groups in total. The van der Waals surface area contributed by atoms with Crippen molar-refractivity contribution in [2.45, 2.75) is 316 Å². The molecule has 0 spiro atoms. The molecule has 0 heterocycles. The number of hydrogen-bond acceptors (Lipinski definition) is 6. The molecule has 0 aliphatic carbocycles. The van der Waals surface area contributed by atoms with E-state index in [1.54, 1.807) is 0 Å². The molecule has 6 heteroatoms. The van der Waals surface area contributed by atoms with Gasteiger partial charge in [0.15, 0.2) is 6.10 Å². The zero-order chi connectivity index (χ0) is 59.2. The minimum absolute atomic E-state index is 0.0929. The number of unbranched alkanes of at least 4 members (excludes halogenated alkanes) is 28. The van der Waals surface area contributed by atoms with Gasteiger partial charge < -0.3 is 14.2 Å². The van der Waals surface area contributed by atoms with E-state index in [-0.39, 0.29) is 31.1 Å².